The van der Waals surface area contributed by atoms with Crippen molar-refractivity contribution in [1.82, 2.24) is 0 Å². The highest BCUT2D eigenvalue weighted by atomic mass is 35.5. The first kappa shape index (κ1) is 22.9. The Morgan fingerprint density at radius 2 is 1.77 bits per heavy atom. The maximum absolute atomic E-state index is 13.9. The molecule has 0 unspecified atom stereocenters. The van der Waals surface area contributed by atoms with Crippen LogP contribution in [0.15, 0.2) is 65.6 Å². The summed E-state index contributed by atoms with van der Waals surface area (Å²) in [7, 11) is -4.04. The van der Waals surface area contributed by atoms with Gasteiger partial charge >= 0.3 is 0 Å². The molecule has 0 saturated carbocycles. The van der Waals surface area contributed by atoms with Gasteiger partial charge in [-0.3, -0.25) is 9.52 Å². The van der Waals surface area contributed by atoms with Crippen LogP contribution in [-0.4, -0.2) is 20.9 Å². The molecular formula is C21H17Cl2FN2O4S. The molecule has 0 fully saturated rings. The Labute approximate surface area is 189 Å². The summed E-state index contributed by atoms with van der Waals surface area (Å²) in [4.78, 5) is 12.4. The molecule has 0 bridgehead atoms. The Morgan fingerprint density at radius 1 is 1.03 bits per heavy atom. The van der Waals surface area contributed by atoms with Crippen molar-refractivity contribution in [3.63, 3.8) is 0 Å². The summed E-state index contributed by atoms with van der Waals surface area (Å²) in [6.07, 6.45) is 0. The van der Waals surface area contributed by atoms with E-state index in [0.717, 1.165) is 6.07 Å². The number of rotatable bonds is 7. The number of ether oxygens (including phenoxy) is 1. The predicted octanol–water partition coefficient (Wildman–Crippen LogP) is 5.58. The molecule has 0 aliphatic carbocycles. The molecule has 0 saturated heterocycles. The highest BCUT2D eigenvalue weighted by molar-refractivity contribution is 7.92. The van der Waals surface area contributed by atoms with Crippen molar-refractivity contribution in [2.75, 3.05) is 16.6 Å². The van der Waals surface area contributed by atoms with E-state index in [1.807, 2.05) is 0 Å². The molecule has 1 amide bonds. The van der Waals surface area contributed by atoms with E-state index in [0.29, 0.717) is 0 Å². The summed E-state index contributed by atoms with van der Waals surface area (Å²) in [5.74, 6) is -1.21. The summed E-state index contributed by atoms with van der Waals surface area (Å²) in [5, 5.41) is 2.98. The van der Waals surface area contributed by atoms with E-state index in [1.165, 1.54) is 54.6 Å². The van der Waals surface area contributed by atoms with Crippen LogP contribution in [0, 0.1) is 5.82 Å². The van der Waals surface area contributed by atoms with Gasteiger partial charge in [-0.25, -0.2) is 12.8 Å². The fourth-order valence-corrected chi connectivity index (χ4v) is 4.04. The normalized spacial score (nSPS) is 11.1. The molecule has 3 rings (SSSR count). The fraction of sp³-hybridized carbons (Fsp3) is 0.0952. The van der Waals surface area contributed by atoms with Crippen LogP contribution in [0.25, 0.3) is 0 Å². The van der Waals surface area contributed by atoms with E-state index in [2.05, 4.69) is 10.0 Å². The molecule has 0 spiro atoms. The molecule has 3 aromatic rings. The highest BCUT2D eigenvalue weighted by Crippen LogP contribution is 2.31. The average molecular weight is 483 g/mol. The molecule has 162 valence electrons. The third-order valence-electron chi connectivity index (χ3n) is 4.10. The van der Waals surface area contributed by atoms with Gasteiger partial charge in [-0.05, 0) is 55.5 Å². The molecule has 0 radical (unpaired) electrons. The quantitative estimate of drug-likeness (QED) is 0.459. The van der Waals surface area contributed by atoms with E-state index in [4.69, 9.17) is 27.9 Å². The van der Waals surface area contributed by atoms with E-state index in [1.54, 1.807) is 6.92 Å². The molecule has 10 heteroatoms. The summed E-state index contributed by atoms with van der Waals surface area (Å²) in [5.41, 5.74) is 0.0967. The lowest BCUT2D eigenvalue weighted by Crippen LogP contribution is -2.17. The first-order valence-electron chi connectivity index (χ1n) is 9.02. The second-order valence-corrected chi connectivity index (χ2v) is 8.76. The van der Waals surface area contributed by atoms with E-state index < -0.39 is 21.7 Å². The highest BCUT2D eigenvalue weighted by Gasteiger charge is 2.20. The fourth-order valence-electron chi connectivity index (χ4n) is 2.66. The van der Waals surface area contributed by atoms with Crippen LogP contribution in [0.2, 0.25) is 10.0 Å². The number of anilines is 2. The lowest BCUT2D eigenvalue weighted by Gasteiger charge is -2.15. The molecule has 0 aromatic heterocycles. The lowest BCUT2D eigenvalue weighted by molar-refractivity contribution is 0.102. The van der Waals surface area contributed by atoms with Gasteiger partial charge in [0.25, 0.3) is 15.9 Å². The van der Waals surface area contributed by atoms with Gasteiger partial charge in [-0.15, -0.1) is 0 Å². The maximum atomic E-state index is 13.9. The third kappa shape index (κ3) is 5.46. The van der Waals surface area contributed by atoms with Crippen LogP contribution in [0.4, 0.5) is 15.8 Å². The van der Waals surface area contributed by atoms with Crippen molar-refractivity contribution in [2.24, 2.45) is 0 Å². The Morgan fingerprint density at radius 3 is 2.45 bits per heavy atom. The van der Waals surface area contributed by atoms with E-state index in [9.17, 15) is 17.6 Å². The van der Waals surface area contributed by atoms with Crippen molar-refractivity contribution < 1.29 is 22.3 Å². The van der Waals surface area contributed by atoms with Crippen LogP contribution in [-0.2, 0) is 10.0 Å². The lowest BCUT2D eigenvalue weighted by atomic mass is 10.2. The smallest absolute Gasteiger partial charge is 0.261 e. The van der Waals surface area contributed by atoms with Crippen molar-refractivity contribution in [3.05, 3.63) is 82.1 Å². The summed E-state index contributed by atoms with van der Waals surface area (Å²) >= 11 is 11.8. The monoisotopic (exact) mass is 482 g/mol. The van der Waals surface area contributed by atoms with Gasteiger partial charge in [0.2, 0.25) is 0 Å². The van der Waals surface area contributed by atoms with Gasteiger partial charge in [0.1, 0.15) is 11.6 Å². The number of halogens is 3. The molecule has 0 aliphatic rings. The van der Waals surface area contributed by atoms with Crippen LogP contribution >= 0.6 is 23.2 Å². The first-order chi connectivity index (χ1) is 14.7. The number of nitrogens with one attached hydrogen (secondary N) is 2. The number of hydrogen-bond donors (Lipinski definition) is 2. The number of carbonyl (C=O) groups excluding carboxylic acids is 1. The number of hydrogen-bond acceptors (Lipinski definition) is 4. The van der Waals surface area contributed by atoms with E-state index in [-0.39, 0.29) is 44.2 Å². The Kier molecular flexibility index (Phi) is 7.04. The van der Waals surface area contributed by atoms with Crippen LogP contribution in [0.5, 0.6) is 5.75 Å². The Balaban J connectivity index is 1.94. The molecule has 3 aromatic carbocycles. The topological polar surface area (TPSA) is 84.5 Å². The molecule has 6 nitrogen and oxygen atoms in total. The third-order valence-corrected chi connectivity index (χ3v) is 6.22. The maximum Gasteiger partial charge on any atom is 0.261 e. The Hall–Kier alpha value is -2.81. The van der Waals surface area contributed by atoms with Crippen LogP contribution in [0.3, 0.4) is 0 Å². The minimum absolute atomic E-state index is 0.0760. The largest absolute Gasteiger partial charge is 0.492 e. The SMILES string of the molecule is CCOc1ccc(S(=O)(=O)Nc2ccc(Cl)c(Cl)c2)cc1NC(=O)c1ccccc1F. The van der Waals surface area contributed by atoms with Crippen molar-refractivity contribution >= 4 is 50.5 Å². The average Bonchev–Trinajstić information content (AvgIpc) is 2.72. The van der Waals surface area contributed by atoms with Gasteiger partial charge in [0.05, 0.1) is 38.5 Å². The zero-order valence-electron chi connectivity index (χ0n) is 16.2. The Bertz CT molecular complexity index is 1240. The zero-order chi connectivity index (χ0) is 22.6. The summed E-state index contributed by atoms with van der Waals surface area (Å²) < 4.78 is 47.5. The van der Waals surface area contributed by atoms with Gasteiger partial charge < -0.3 is 10.1 Å². The van der Waals surface area contributed by atoms with Crippen molar-refractivity contribution in [3.8, 4) is 5.75 Å². The summed E-state index contributed by atoms with van der Waals surface area (Å²) in [6, 6.07) is 13.7. The van der Waals surface area contributed by atoms with Gasteiger partial charge in [0, 0.05) is 0 Å². The molecule has 2 N–H and O–H groups in total. The number of amides is 1. The first-order valence-corrected chi connectivity index (χ1v) is 11.3. The molecule has 0 atom stereocenters. The molecule has 0 aliphatic heterocycles. The second kappa shape index (κ2) is 9.55. The minimum atomic E-state index is -4.04. The number of benzene rings is 3. The standard InChI is InChI=1S/C21H17Cl2FN2O4S/c1-2-30-20-10-8-14(31(28,29)26-13-7-9-16(22)17(23)11-13)12-19(20)25-21(27)15-5-3-4-6-18(15)24/h3-12,26H,2H2,1H3,(H,25,27). The number of carbonyl (C=O) groups is 1. The van der Waals surface area contributed by atoms with Crippen LogP contribution in [0.1, 0.15) is 17.3 Å². The zero-order valence-corrected chi connectivity index (χ0v) is 18.5. The second-order valence-electron chi connectivity index (χ2n) is 6.26. The molecular weight excluding hydrogens is 466 g/mol. The number of sulfonamides is 1. The molecule has 0 heterocycles. The molecule has 31 heavy (non-hydrogen) atoms. The van der Waals surface area contributed by atoms with Gasteiger partial charge in [0.15, 0.2) is 0 Å². The van der Waals surface area contributed by atoms with Crippen molar-refractivity contribution in [2.45, 2.75) is 11.8 Å². The van der Waals surface area contributed by atoms with Gasteiger partial charge in [-0.1, -0.05) is 35.3 Å². The van der Waals surface area contributed by atoms with Crippen molar-refractivity contribution in [1.29, 1.82) is 0 Å². The summed E-state index contributed by atoms with van der Waals surface area (Å²) in [6.45, 7) is 2.01. The van der Waals surface area contributed by atoms with E-state index >= 15 is 0 Å². The minimum Gasteiger partial charge on any atom is -0.492 e. The van der Waals surface area contributed by atoms with Crippen LogP contribution < -0.4 is 14.8 Å². The van der Waals surface area contributed by atoms with Gasteiger partial charge in [-0.2, -0.15) is 0 Å². The predicted molar refractivity (Wildman–Crippen MR) is 119 cm³/mol.